The Morgan fingerprint density at radius 1 is 0.512 bits per heavy atom. The van der Waals surface area contributed by atoms with Gasteiger partial charge >= 0.3 is 16.5 Å². The van der Waals surface area contributed by atoms with Gasteiger partial charge < -0.3 is 28.0 Å². The Morgan fingerprint density at radius 2 is 0.829 bits per heavy atom. The van der Waals surface area contributed by atoms with Crippen LogP contribution in [0.1, 0.15) is 171 Å². The summed E-state index contributed by atoms with van der Waals surface area (Å²) < 4.78 is 34.8. The zero-order valence-corrected chi connectivity index (χ0v) is 30.9. The van der Waals surface area contributed by atoms with Crippen molar-refractivity contribution in [1.29, 1.82) is 0 Å². The van der Waals surface area contributed by atoms with Gasteiger partial charge in [-0.25, -0.2) is 0 Å². The minimum atomic E-state index is -3.68. The molecule has 0 aromatic heterocycles. The van der Waals surface area contributed by atoms with Gasteiger partial charge in [0.05, 0.1) is 13.2 Å². The molecule has 0 rings (SSSR count). The van der Waals surface area contributed by atoms with Crippen LogP contribution >= 0.6 is 15.2 Å². The van der Waals surface area contributed by atoms with Gasteiger partial charge in [0.15, 0.2) is 0 Å². The van der Waals surface area contributed by atoms with Gasteiger partial charge in [0, 0.05) is 11.3 Å². The van der Waals surface area contributed by atoms with Crippen LogP contribution in [0, 0.1) is 11.8 Å². The van der Waals surface area contributed by atoms with Crippen molar-refractivity contribution in [1.82, 2.24) is 0 Å². The van der Waals surface area contributed by atoms with E-state index in [0.717, 1.165) is 89.9 Å². The zero-order chi connectivity index (χ0) is 30.9. The maximum Gasteiger partial charge on any atom is 2.00 e. The Labute approximate surface area is 266 Å². The topological polar surface area (TPSA) is 98.7 Å². The van der Waals surface area contributed by atoms with Crippen molar-refractivity contribution < 1.29 is 44.5 Å². The molecule has 0 heterocycles. The monoisotopic (exact) mass is 668 g/mol. The van der Waals surface area contributed by atoms with Crippen LogP contribution in [-0.2, 0) is 34.7 Å². The maximum atomic E-state index is 12.1. The van der Waals surface area contributed by atoms with Crippen LogP contribution in [0.4, 0.5) is 0 Å². The van der Waals surface area contributed by atoms with Crippen molar-refractivity contribution in [2.75, 3.05) is 13.2 Å². The predicted molar refractivity (Wildman–Crippen MR) is 170 cm³/mol. The molecule has 6 nitrogen and oxygen atoms in total. The number of hydrogen-bond donors (Lipinski definition) is 0. The molecule has 0 aliphatic rings. The van der Waals surface area contributed by atoms with E-state index in [0.29, 0.717) is 25.0 Å². The van der Waals surface area contributed by atoms with Crippen molar-refractivity contribution in [2.24, 2.45) is 11.8 Å². The standard InChI is InChI=1S/2C16H35O3P.Ni/c2*1-5-8-10-11-12-15(4)20(17,18)19-14-16(7-3)13-9-6-2;/h2*15-16H,5-14H2,1-4H3,(H,17,18);/q;;+2/p-2. The molecule has 0 radical (unpaired) electrons. The third-order valence-corrected chi connectivity index (χ3v) is 11.8. The fraction of sp³-hybridized carbons (Fsp3) is 1.00. The smallest absolute Gasteiger partial charge is 0.778 e. The molecule has 6 atom stereocenters. The SMILES string of the molecule is CCCCCCC(C)P(=O)([O-])OCC(CC)CCCC.CCCCCCC(C)P(=O)([O-])OCC(CC)CCCC.[Ni+2]. The molecule has 41 heavy (non-hydrogen) atoms. The number of hydrogen-bond acceptors (Lipinski definition) is 6. The van der Waals surface area contributed by atoms with Gasteiger partial charge in [0.25, 0.3) is 0 Å². The Morgan fingerprint density at radius 3 is 1.10 bits per heavy atom. The van der Waals surface area contributed by atoms with E-state index in [9.17, 15) is 18.9 Å². The summed E-state index contributed by atoms with van der Waals surface area (Å²) in [5.41, 5.74) is -0.689. The summed E-state index contributed by atoms with van der Waals surface area (Å²) in [5.74, 6) is 0.758. The zero-order valence-electron chi connectivity index (χ0n) is 28.1. The van der Waals surface area contributed by atoms with Crippen LogP contribution in [0.25, 0.3) is 0 Å². The molecular weight excluding hydrogens is 601 g/mol. The molecule has 0 amide bonds. The molecule has 6 unspecified atom stereocenters. The van der Waals surface area contributed by atoms with Crippen LogP contribution in [0.15, 0.2) is 0 Å². The predicted octanol–water partition coefficient (Wildman–Crippen LogP) is 10.3. The van der Waals surface area contributed by atoms with Crippen LogP contribution in [-0.4, -0.2) is 24.5 Å². The molecule has 0 aliphatic carbocycles. The summed E-state index contributed by atoms with van der Waals surface area (Å²) in [6, 6.07) is 0. The molecule has 0 aliphatic heterocycles. The molecule has 0 aromatic rings. The normalized spacial score (nSPS) is 17.2. The van der Waals surface area contributed by atoms with Crippen molar-refractivity contribution in [3.8, 4) is 0 Å². The van der Waals surface area contributed by atoms with Crippen molar-refractivity contribution in [3.63, 3.8) is 0 Å². The fourth-order valence-corrected chi connectivity index (χ4v) is 6.86. The molecule has 0 N–H and O–H groups in total. The molecule has 0 fully saturated rings. The van der Waals surface area contributed by atoms with E-state index in [4.69, 9.17) is 9.05 Å². The largest absolute Gasteiger partial charge is 2.00 e. The summed E-state index contributed by atoms with van der Waals surface area (Å²) in [7, 11) is -7.36. The molecule has 0 spiro atoms. The first kappa shape index (κ1) is 46.2. The van der Waals surface area contributed by atoms with Crippen LogP contribution in [0.5, 0.6) is 0 Å². The minimum absolute atomic E-state index is 0. The van der Waals surface area contributed by atoms with Crippen LogP contribution < -0.4 is 9.79 Å². The third kappa shape index (κ3) is 25.8. The van der Waals surface area contributed by atoms with E-state index >= 15 is 0 Å². The van der Waals surface area contributed by atoms with E-state index in [1.807, 2.05) is 0 Å². The summed E-state index contributed by atoms with van der Waals surface area (Å²) in [4.78, 5) is 24.2. The average molecular weight is 670 g/mol. The second-order valence-corrected chi connectivity index (χ2v) is 16.3. The molecule has 0 aromatic carbocycles. The van der Waals surface area contributed by atoms with Gasteiger partial charge in [-0.3, -0.25) is 0 Å². The van der Waals surface area contributed by atoms with E-state index in [-0.39, 0.29) is 27.8 Å². The minimum Gasteiger partial charge on any atom is -0.778 e. The first-order chi connectivity index (χ1) is 18.9. The van der Waals surface area contributed by atoms with Crippen molar-refractivity contribution in [2.45, 2.75) is 182 Å². The molecule has 0 bridgehead atoms. The van der Waals surface area contributed by atoms with E-state index < -0.39 is 15.2 Å². The summed E-state index contributed by atoms with van der Waals surface area (Å²) in [5, 5.41) is 0. The molecule has 9 heteroatoms. The molecule has 0 saturated carbocycles. The number of unbranched alkanes of at least 4 members (excludes halogenated alkanes) is 8. The fourth-order valence-electron chi connectivity index (χ4n) is 4.52. The maximum absolute atomic E-state index is 12.1. The quantitative estimate of drug-likeness (QED) is 0.0516. The second kappa shape index (κ2) is 29.5. The van der Waals surface area contributed by atoms with Crippen molar-refractivity contribution in [3.05, 3.63) is 0 Å². The Balaban J connectivity index is -0.000000688. The van der Waals surface area contributed by atoms with Gasteiger partial charge in [0.2, 0.25) is 0 Å². The summed E-state index contributed by atoms with van der Waals surface area (Å²) >= 11 is 0. The van der Waals surface area contributed by atoms with Gasteiger partial charge in [-0.1, -0.05) is 145 Å². The Kier molecular flexibility index (Phi) is 33.3. The molecule has 0 saturated heterocycles. The van der Waals surface area contributed by atoms with Gasteiger partial charge in [-0.15, -0.1) is 0 Å². The Hall–Kier alpha value is 0.794. The first-order valence-corrected chi connectivity index (χ1v) is 20.1. The summed E-state index contributed by atoms with van der Waals surface area (Å²) in [6.07, 6.45) is 19.1. The van der Waals surface area contributed by atoms with Crippen molar-refractivity contribution >= 4 is 15.2 Å². The van der Waals surface area contributed by atoms with E-state index in [1.165, 1.54) is 25.7 Å². The van der Waals surface area contributed by atoms with Crippen LogP contribution in [0.3, 0.4) is 0 Å². The number of rotatable bonds is 26. The average Bonchev–Trinajstić information content (AvgIpc) is 2.93. The van der Waals surface area contributed by atoms with E-state index in [2.05, 4.69) is 41.5 Å². The van der Waals surface area contributed by atoms with Gasteiger partial charge in [0.1, 0.15) is 15.2 Å². The van der Waals surface area contributed by atoms with E-state index in [1.54, 1.807) is 13.8 Å². The third-order valence-electron chi connectivity index (χ3n) is 8.10. The molecule has 252 valence electrons. The van der Waals surface area contributed by atoms with Gasteiger partial charge in [-0.05, 0) is 37.5 Å². The first-order valence-electron chi connectivity index (χ1n) is 16.9. The summed E-state index contributed by atoms with van der Waals surface area (Å²) in [6.45, 7) is 17.2. The van der Waals surface area contributed by atoms with Crippen LogP contribution in [0.2, 0.25) is 0 Å². The van der Waals surface area contributed by atoms with Gasteiger partial charge in [-0.2, -0.15) is 0 Å². The molecular formula is C32H68NiO6P2. The Bertz CT molecular complexity index is 598. The second-order valence-electron chi connectivity index (χ2n) is 11.9.